The first kappa shape index (κ1) is 17.6. The lowest BCUT2D eigenvalue weighted by molar-refractivity contribution is -0.152. The molecule has 6 heteroatoms. The minimum atomic E-state index is 0.101. The Hall–Kier alpha value is -2.76. The summed E-state index contributed by atoms with van der Waals surface area (Å²) in [7, 11) is 0. The molecule has 0 saturated carbocycles. The van der Waals surface area contributed by atoms with Crippen LogP contribution in [-0.2, 0) is 11.2 Å². The highest BCUT2D eigenvalue weighted by Crippen LogP contribution is 2.48. The molecule has 1 unspecified atom stereocenters. The molecule has 0 N–H and O–H groups in total. The first-order valence-electron chi connectivity index (χ1n) is 9.39. The van der Waals surface area contributed by atoms with Crippen molar-refractivity contribution >= 4 is 11.7 Å². The molecule has 1 atom stereocenters. The van der Waals surface area contributed by atoms with Crippen LogP contribution in [0.2, 0.25) is 0 Å². The topological polar surface area (TPSA) is 63.4 Å². The third-order valence-corrected chi connectivity index (χ3v) is 5.64. The van der Waals surface area contributed by atoms with Crippen molar-refractivity contribution in [2.45, 2.75) is 46.6 Å². The number of amides is 1. The summed E-state index contributed by atoms with van der Waals surface area (Å²) in [6.45, 7) is 9.23. The van der Waals surface area contributed by atoms with E-state index in [4.69, 9.17) is 0 Å². The van der Waals surface area contributed by atoms with Gasteiger partial charge in [0.1, 0.15) is 6.33 Å². The predicted octanol–water partition coefficient (Wildman–Crippen LogP) is 3.28. The van der Waals surface area contributed by atoms with E-state index in [2.05, 4.69) is 41.0 Å². The van der Waals surface area contributed by atoms with Gasteiger partial charge >= 0.3 is 0 Å². The number of fused-ring (bicyclic) bond motifs is 1. The fraction of sp³-hybridized carbons (Fsp3) is 0.429. The summed E-state index contributed by atoms with van der Waals surface area (Å²) in [5.41, 5.74) is 4.32. The Kier molecular flexibility index (Phi) is 4.21. The Morgan fingerprint density at radius 1 is 1.22 bits per heavy atom. The smallest absolute Gasteiger partial charge is 0.252 e. The molecule has 1 fully saturated rings. The molecule has 0 radical (unpaired) electrons. The lowest BCUT2D eigenvalue weighted by Gasteiger charge is -2.54. The zero-order valence-corrected chi connectivity index (χ0v) is 16.3. The fourth-order valence-corrected chi connectivity index (χ4v) is 4.32. The molecule has 6 nitrogen and oxygen atoms in total. The fourth-order valence-electron chi connectivity index (χ4n) is 4.32. The van der Waals surface area contributed by atoms with Crippen LogP contribution in [0.25, 0.3) is 5.78 Å². The van der Waals surface area contributed by atoms with Crippen LogP contribution >= 0.6 is 0 Å². The number of carbonyl (C=O) groups excluding carboxylic acids is 1. The van der Waals surface area contributed by atoms with Gasteiger partial charge in [-0.15, -0.1) is 0 Å². The second-order valence-corrected chi connectivity index (χ2v) is 8.06. The molecule has 1 aliphatic rings. The quantitative estimate of drug-likeness (QED) is 0.714. The maximum absolute atomic E-state index is 13.0. The lowest BCUT2D eigenvalue weighted by atomic mass is 9.71. The standard InChI is InChI=1S/C21H25N5O/c1-14-17(15(2)26-20(24-14)22-13-23-26)10-11-18(27)25-12-21(3,4)19(25)16-8-6-5-7-9-16/h5-9,13,19H,10-12H2,1-4H3. The van der Waals surface area contributed by atoms with Gasteiger partial charge in [0.25, 0.3) is 5.78 Å². The van der Waals surface area contributed by atoms with Crippen LogP contribution in [0.5, 0.6) is 0 Å². The van der Waals surface area contributed by atoms with Gasteiger partial charge in [-0.25, -0.2) is 9.50 Å². The maximum Gasteiger partial charge on any atom is 0.252 e. The lowest BCUT2D eigenvalue weighted by Crippen LogP contribution is -2.57. The van der Waals surface area contributed by atoms with E-state index >= 15 is 0 Å². The second-order valence-electron chi connectivity index (χ2n) is 8.06. The van der Waals surface area contributed by atoms with Crippen molar-refractivity contribution in [3.05, 3.63) is 59.2 Å². The second kappa shape index (κ2) is 6.44. The van der Waals surface area contributed by atoms with E-state index in [1.807, 2.05) is 36.9 Å². The van der Waals surface area contributed by atoms with Crippen LogP contribution in [0, 0.1) is 19.3 Å². The Bertz CT molecular complexity index is 992. The minimum absolute atomic E-state index is 0.101. The van der Waals surface area contributed by atoms with E-state index in [0.29, 0.717) is 18.6 Å². The normalized spacial score (nSPS) is 18.5. The monoisotopic (exact) mass is 363 g/mol. The first-order valence-corrected chi connectivity index (χ1v) is 9.39. The molecule has 0 spiro atoms. The predicted molar refractivity (Wildman–Crippen MR) is 103 cm³/mol. The molecule has 4 rings (SSSR count). The van der Waals surface area contributed by atoms with Crippen LogP contribution in [0.4, 0.5) is 0 Å². The average Bonchev–Trinajstić information content (AvgIpc) is 3.09. The van der Waals surface area contributed by atoms with E-state index in [9.17, 15) is 4.79 Å². The van der Waals surface area contributed by atoms with Crippen LogP contribution in [-0.4, -0.2) is 36.9 Å². The highest BCUT2D eigenvalue weighted by molar-refractivity contribution is 5.78. The Morgan fingerprint density at radius 3 is 2.67 bits per heavy atom. The van der Waals surface area contributed by atoms with Crippen molar-refractivity contribution in [1.29, 1.82) is 0 Å². The molecule has 1 aliphatic heterocycles. The number of benzene rings is 1. The van der Waals surface area contributed by atoms with Crippen molar-refractivity contribution in [2.75, 3.05) is 6.54 Å². The van der Waals surface area contributed by atoms with Crippen molar-refractivity contribution in [3.63, 3.8) is 0 Å². The molecule has 1 saturated heterocycles. The number of aryl methyl sites for hydroxylation is 2. The third kappa shape index (κ3) is 2.99. The molecular formula is C21H25N5O. The molecule has 0 bridgehead atoms. The number of nitrogens with zero attached hydrogens (tertiary/aromatic N) is 5. The maximum atomic E-state index is 13.0. The summed E-state index contributed by atoms with van der Waals surface area (Å²) >= 11 is 0. The number of hydrogen-bond acceptors (Lipinski definition) is 4. The average molecular weight is 363 g/mol. The molecule has 0 aliphatic carbocycles. The van der Waals surface area contributed by atoms with Crippen LogP contribution in [0.3, 0.4) is 0 Å². The van der Waals surface area contributed by atoms with Gasteiger partial charge in [-0.1, -0.05) is 44.2 Å². The van der Waals surface area contributed by atoms with Gasteiger partial charge in [-0.3, -0.25) is 4.79 Å². The Morgan fingerprint density at radius 2 is 1.96 bits per heavy atom. The zero-order valence-electron chi connectivity index (χ0n) is 16.3. The SMILES string of the molecule is Cc1nc2ncnn2c(C)c1CCC(=O)N1CC(C)(C)C1c1ccccc1. The summed E-state index contributed by atoms with van der Waals surface area (Å²) in [6, 6.07) is 10.5. The van der Waals surface area contributed by atoms with Gasteiger partial charge in [0.05, 0.1) is 6.04 Å². The van der Waals surface area contributed by atoms with E-state index in [-0.39, 0.29) is 17.4 Å². The Labute approximate surface area is 159 Å². The summed E-state index contributed by atoms with van der Waals surface area (Å²) in [5, 5.41) is 4.23. The minimum Gasteiger partial charge on any atom is -0.334 e. The van der Waals surface area contributed by atoms with E-state index in [1.165, 1.54) is 11.9 Å². The summed E-state index contributed by atoms with van der Waals surface area (Å²) in [5.74, 6) is 0.800. The molecule has 3 heterocycles. The molecule has 3 aromatic rings. The van der Waals surface area contributed by atoms with Gasteiger partial charge in [0, 0.05) is 29.8 Å². The molecule has 140 valence electrons. The summed E-state index contributed by atoms with van der Waals surface area (Å²) < 4.78 is 1.74. The highest BCUT2D eigenvalue weighted by Gasteiger charge is 2.48. The zero-order chi connectivity index (χ0) is 19.2. The van der Waals surface area contributed by atoms with Gasteiger partial charge in [0.2, 0.25) is 5.91 Å². The van der Waals surface area contributed by atoms with Gasteiger partial charge < -0.3 is 4.90 Å². The number of rotatable bonds is 4. The molecule has 1 amide bonds. The van der Waals surface area contributed by atoms with Crippen molar-refractivity contribution in [1.82, 2.24) is 24.5 Å². The number of aromatic nitrogens is 4. The highest BCUT2D eigenvalue weighted by atomic mass is 16.2. The summed E-state index contributed by atoms with van der Waals surface area (Å²) in [4.78, 5) is 23.6. The first-order chi connectivity index (χ1) is 12.9. The summed E-state index contributed by atoms with van der Waals surface area (Å²) in [6.07, 6.45) is 2.65. The van der Waals surface area contributed by atoms with Crippen molar-refractivity contribution < 1.29 is 4.79 Å². The Balaban J connectivity index is 1.52. The van der Waals surface area contributed by atoms with Gasteiger partial charge in [-0.2, -0.15) is 10.1 Å². The van der Waals surface area contributed by atoms with Crippen molar-refractivity contribution in [3.8, 4) is 0 Å². The largest absolute Gasteiger partial charge is 0.334 e. The van der Waals surface area contributed by atoms with Crippen LogP contribution < -0.4 is 0 Å². The molecule has 27 heavy (non-hydrogen) atoms. The van der Waals surface area contributed by atoms with Crippen molar-refractivity contribution in [2.24, 2.45) is 5.41 Å². The van der Waals surface area contributed by atoms with Crippen LogP contribution in [0.1, 0.15) is 48.8 Å². The molecule has 1 aromatic carbocycles. The number of carbonyl (C=O) groups is 1. The van der Waals surface area contributed by atoms with E-state index in [1.54, 1.807) is 4.52 Å². The van der Waals surface area contributed by atoms with Crippen LogP contribution in [0.15, 0.2) is 36.7 Å². The van der Waals surface area contributed by atoms with E-state index in [0.717, 1.165) is 23.5 Å². The van der Waals surface area contributed by atoms with Gasteiger partial charge in [0.15, 0.2) is 0 Å². The van der Waals surface area contributed by atoms with Gasteiger partial charge in [-0.05, 0) is 31.4 Å². The molecular weight excluding hydrogens is 338 g/mol. The van der Waals surface area contributed by atoms with E-state index < -0.39 is 0 Å². The number of likely N-dealkylation sites (tertiary alicyclic amines) is 1. The third-order valence-electron chi connectivity index (χ3n) is 5.64. The number of hydrogen-bond donors (Lipinski definition) is 0. The molecule has 2 aromatic heterocycles.